The highest BCUT2D eigenvalue weighted by atomic mass is 35.5. The lowest BCUT2D eigenvalue weighted by Gasteiger charge is -2.32. The van der Waals surface area contributed by atoms with Gasteiger partial charge in [0.15, 0.2) is 0 Å². The molecule has 2 aliphatic heterocycles. The third kappa shape index (κ3) is 5.57. The molecule has 8 heteroatoms. The van der Waals surface area contributed by atoms with Crippen molar-refractivity contribution in [3.05, 3.63) is 69.7 Å². The topological polar surface area (TPSA) is 62.2 Å². The van der Waals surface area contributed by atoms with Crippen molar-refractivity contribution in [2.75, 3.05) is 26.2 Å². The number of carbonyl (C=O) groups excluding carboxylic acids is 2. The van der Waals surface area contributed by atoms with Crippen LogP contribution in [0.1, 0.15) is 43.4 Å². The summed E-state index contributed by atoms with van der Waals surface area (Å²) in [5.74, 6) is -0.491. The van der Waals surface area contributed by atoms with E-state index in [-0.39, 0.29) is 30.4 Å². The number of nitrogens with zero attached hydrogens (tertiary/aromatic N) is 3. The molecule has 0 radical (unpaired) electrons. The monoisotopic (exact) mass is 487 g/mol. The number of hydrogen-bond acceptors (Lipinski definition) is 5. The Labute approximate surface area is 204 Å². The van der Waals surface area contributed by atoms with Gasteiger partial charge in [-0.15, -0.1) is 0 Å². The number of piperidine rings is 1. The fourth-order valence-corrected chi connectivity index (χ4v) is 4.83. The largest absolute Gasteiger partial charge is 0.466 e. The Hall–Kier alpha value is -2.41. The van der Waals surface area contributed by atoms with Crippen molar-refractivity contribution in [1.29, 1.82) is 0 Å². The minimum absolute atomic E-state index is 0.110. The summed E-state index contributed by atoms with van der Waals surface area (Å²) in [5, 5.41) is 7.52. The Kier molecular flexibility index (Phi) is 7.68. The summed E-state index contributed by atoms with van der Waals surface area (Å²) in [6, 6.07) is 14.8. The van der Waals surface area contributed by atoms with E-state index in [1.807, 2.05) is 53.4 Å². The number of benzene rings is 2. The zero-order chi connectivity index (χ0) is 23.4. The Morgan fingerprint density at radius 3 is 2.61 bits per heavy atom. The van der Waals surface area contributed by atoms with E-state index in [9.17, 15) is 9.59 Å². The van der Waals surface area contributed by atoms with E-state index in [4.69, 9.17) is 33.0 Å². The van der Waals surface area contributed by atoms with Gasteiger partial charge < -0.3 is 4.74 Å². The van der Waals surface area contributed by atoms with Crippen LogP contribution in [0.15, 0.2) is 53.6 Å². The van der Waals surface area contributed by atoms with Crippen LogP contribution in [-0.4, -0.2) is 53.7 Å². The molecule has 2 aliphatic rings. The Bertz CT molecular complexity index is 1040. The first-order valence-corrected chi connectivity index (χ1v) is 12.0. The lowest BCUT2D eigenvalue weighted by Crippen LogP contribution is -2.44. The maximum absolute atomic E-state index is 13.4. The third-order valence-electron chi connectivity index (χ3n) is 6.09. The van der Waals surface area contributed by atoms with Crippen molar-refractivity contribution in [2.24, 2.45) is 11.0 Å². The number of rotatable bonds is 6. The van der Waals surface area contributed by atoms with Gasteiger partial charge in [-0.1, -0.05) is 53.5 Å². The molecule has 2 heterocycles. The Balaban J connectivity index is 1.55. The van der Waals surface area contributed by atoms with Crippen LogP contribution in [0.5, 0.6) is 0 Å². The average Bonchev–Trinajstić information content (AvgIpc) is 3.25. The lowest BCUT2D eigenvalue weighted by molar-refractivity contribution is -0.150. The second kappa shape index (κ2) is 10.7. The molecule has 6 nitrogen and oxygen atoms in total. The van der Waals surface area contributed by atoms with Gasteiger partial charge in [-0.2, -0.15) is 5.10 Å². The van der Waals surface area contributed by atoms with Crippen molar-refractivity contribution < 1.29 is 14.3 Å². The third-order valence-corrected chi connectivity index (χ3v) is 6.67. The first-order valence-electron chi connectivity index (χ1n) is 11.2. The van der Waals surface area contributed by atoms with E-state index in [1.54, 1.807) is 11.9 Å². The average molecular weight is 488 g/mol. The van der Waals surface area contributed by atoms with Gasteiger partial charge in [0.1, 0.15) is 0 Å². The molecule has 0 aromatic heterocycles. The second-order valence-corrected chi connectivity index (χ2v) is 9.21. The van der Waals surface area contributed by atoms with E-state index in [2.05, 4.69) is 0 Å². The maximum atomic E-state index is 13.4. The molecular formula is C25H27Cl2N3O3. The van der Waals surface area contributed by atoms with Crippen molar-refractivity contribution in [1.82, 2.24) is 9.91 Å². The van der Waals surface area contributed by atoms with E-state index < -0.39 is 0 Å². The molecule has 0 unspecified atom stereocenters. The number of halogens is 2. The summed E-state index contributed by atoms with van der Waals surface area (Å²) < 4.78 is 5.19. The van der Waals surface area contributed by atoms with Crippen molar-refractivity contribution in [3.8, 4) is 0 Å². The molecule has 0 N–H and O–H groups in total. The van der Waals surface area contributed by atoms with Gasteiger partial charge in [0.25, 0.3) is 5.91 Å². The van der Waals surface area contributed by atoms with Crippen LogP contribution < -0.4 is 0 Å². The molecule has 2 atom stereocenters. The van der Waals surface area contributed by atoms with Crippen LogP contribution >= 0.6 is 23.2 Å². The van der Waals surface area contributed by atoms with Crippen LogP contribution in [0, 0.1) is 5.92 Å². The fraction of sp³-hybridized carbons (Fsp3) is 0.400. The first-order chi connectivity index (χ1) is 16.0. The van der Waals surface area contributed by atoms with Crippen molar-refractivity contribution in [2.45, 2.75) is 32.2 Å². The number of carbonyl (C=O) groups is 2. The molecule has 1 saturated heterocycles. The first kappa shape index (κ1) is 23.7. The van der Waals surface area contributed by atoms with Crippen molar-refractivity contribution in [3.63, 3.8) is 0 Å². The predicted molar refractivity (Wildman–Crippen MR) is 129 cm³/mol. The van der Waals surface area contributed by atoms with Gasteiger partial charge in [-0.3, -0.25) is 14.5 Å². The van der Waals surface area contributed by atoms with Gasteiger partial charge in [-0.25, -0.2) is 5.01 Å². The van der Waals surface area contributed by atoms with Gasteiger partial charge in [0, 0.05) is 28.6 Å². The summed E-state index contributed by atoms with van der Waals surface area (Å²) in [6.45, 7) is 3.65. The number of hydrazone groups is 1. The Morgan fingerprint density at radius 1 is 1.12 bits per heavy atom. The minimum Gasteiger partial charge on any atom is -0.466 e. The predicted octanol–water partition coefficient (Wildman–Crippen LogP) is 4.95. The van der Waals surface area contributed by atoms with Gasteiger partial charge in [0.05, 0.1) is 30.8 Å². The lowest BCUT2D eigenvalue weighted by atomic mass is 9.97. The van der Waals surface area contributed by atoms with Crippen LogP contribution in [0.4, 0.5) is 0 Å². The highest BCUT2D eigenvalue weighted by Gasteiger charge is 2.35. The highest BCUT2D eigenvalue weighted by Crippen LogP contribution is 2.35. The molecule has 1 amide bonds. The molecule has 2 aromatic carbocycles. The van der Waals surface area contributed by atoms with Crippen LogP contribution in [0.2, 0.25) is 10.0 Å². The molecule has 2 aromatic rings. The SMILES string of the molecule is CCOC(=O)[C@@H]1CCCN(CC(=O)N2N=C(c3ccccc3Cl)C[C@@H]2c2ccc(Cl)cc2)C1. The maximum Gasteiger partial charge on any atom is 0.310 e. The zero-order valence-corrected chi connectivity index (χ0v) is 20.1. The molecule has 4 rings (SSSR count). The number of esters is 1. The Morgan fingerprint density at radius 2 is 1.88 bits per heavy atom. The van der Waals surface area contributed by atoms with Gasteiger partial charge in [-0.05, 0) is 50.1 Å². The standard InChI is InChI=1S/C25H27Cl2N3O3/c1-2-33-25(32)18-6-5-13-29(15-18)16-24(31)30-23(17-9-11-19(26)12-10-17)14-22(28-30)20-7-3-4-8-21(20)27/h3-4,7-12,18,23H,2,5-6,13-16H2,1H3/t18-,23-/m1/s1. The van der Waals surface area contributed by atoms with Crippen LogP contribution in [0.3, 0.4) is 0 Å². The van der Waals surface area contributed by atoms with Crippen LogP contribution in [0.25, 0.3) is 0 Å². The van der Waals surface area contributed by atoms with E-state index in [0.717, 1.165) is 36.2 Å². The minimum atomic E-state index is -0.244. The summed E-state index contributed by atoms with van der Waals surface area (Å²) in [6.07, 6.45) is 2.20. The smallest absolute Gasteiger partial charge is 0.310 e. The molecule has 1 fully saturated rings. The molecule has 174 valence electrons. The number of amides is 1. The van der Waals surface area contributed by atoms with Gasteiger partial charge in [0.2, 0.25) is 0 Å². The molecule has 0 spiro atoms. The fourth-order valence-electron chi connectivity index (χ4n) is 4.46. The van der Waals surface area contributed by atoms with Crippen molar-refractivity contribution >= 4 is 40.8 Å². The summed E-state index contributed by atoms with van der Waals surface area (Å²) in [4.78, 5) is 27.6. The molecule has 0 saturated carbocycles. The molecule has 33 heavy (non-hydrogen) atoms. The highest BCUT2D eigenvalue weighted by molar-refractivity contribution is 6.34. The quantitative estimate of drug-likeness (QED) is 0.540. The second-order valence-electron chi connectivity index (χ2n) is 8.36. The summed E-state index contributed by atoms with van der Waals surface area (Å²) >= 11 is 12.5. The molecule has 0 bridgehead atoms. The van der Waals surface area contributed by atoms with E-state index >= 15 is 0 Å². The van der Waals surface area contributed by atoms with E-state index in [0.29, 0.717) is 29.6 Å². The number of likely N-dealkylation sites (tertiary alicyclic amines) is 1. The number of ether oxygens (including phenoxy) is 1. The normalized spacial score (nSPS) is 21.1. The summed E-state index contributed by atoms with van der Waals surface area (Å²) in [7, 11) is 0. The summed E-state index contributed by atoms with van der Waals surface area (Å²) in [5.41, 5.74) is 2.56. The molecule has 0 aliphatic carbocycles. The van der Waals surface area contributed by atoms with Crippen LogP contribution in [-0.2, 0) is 14.3 Å². The van der Waals surface area contributed by atoms with Gasteiger partial charge >= 0.3 is 5.97 Å². The van der Waals surface area contributed by atoms with E-state index in [1.165, 1.54) is 0 Å². The molecular weight excluding hydrogens is 461 g/mol. The zero-order valence-electron chi connectivity index (χ0n) is 18.5. The number of hydrogen-bond donors (Lipinski definition) is 0.